The fourth-order valence-corrected chi connectivity index (χ4v) is 3.63. The van der Waals surface area contributed by atoms with Crippen LogP contribution in [0.2, 0.25) is 0 Å². The summed E-state index contributed by atoms with van der Waals surface area (Å²) in [5.41, 5.74) is 0. The molecular formula is C18H27N3O3S. The molecule has 2 amide bonds. The molecule has 2 heterocycles. The standard InChI is InChI=1S/C18H27N3O3S/c1-4-8-21(14-16-7-6-13-25-16)17(22)15(3)19-9-11-20(12-10-19)18(23)24-5-2/h4,6-7,13,15H,1,5,8-12,14H2,2-3H3. The normalized spacial score (nSPS) is 16.3. The third-order valence-electron chi connectivity index (χ3n) is 4.33. The summed E-state index contributed by atoms with van der Waals surface area (Å²) in [5.74, 6) is 0.0953. The average molecular weight is 365 g/mol. The van der Waals surface area contributed by atoms with Gasteiger partial charge in [-0.2, -0.15) is 0 Å². The second-order valence-corrected chi connectivity index (χ2v) is 7.02. The summed E-state index contributed by atoms with van der Waals surface area (Å²) in [6.07, 6.45) is 1.49. The van der Waals surface area contributed by atoms with Gasteiger partial charge in [-0.1, -0.05) is 12.1 Å². The van der Waals surface area contributed by atoms with Crippen LogP contribution in [-0.4, -0.2) is 72.1 Å². The van der Waals surface area contributed by atoms with Gasteiger partial charge >= 0.3 is 6.09 Å². The lowest BCUT2D eigenvalue weighted by Crippen LogP contribution is -2.55. The van der Waals surface area contributed by atoms with Gasteiger partial charge in [-0.15, -0.1) is 17.9 Å². The van der Waals surface area contributed by atoms with Crippen LogP contribution in [0, 0.1) is 0 Å². The molecule has 0 aliphatic carbocycles. The largest absolute Gasteiger partial charge is 0.450 e. The van der Waals surface area contributed by atoms with Gasteiger partial charge in [0.1, 0.15) is 0 Å². The van der Waals surface area contributed by atoms with Crippen molar-refractivity contribution in [2.45, 2.75) is 26.4 Å². The zero-order valence-corrected chi connectivity index (χ0v) is 15.8. The van der Waals surface area contributed by atoms with Gasteiger partial charge in [-0.3, -0.25) is 9.69 Å². The third-order valence-corrected chi connectivity index (χ3v) is 5.19. The maximum absolute atomic E-state index is 12.9. The minimum absolute atomic E-state index is 0.0953. The van der Waals surface area contributed by atoms with E-state index in [1.54, 1.807) is 29.2 Å². The maximum Gasteiger partial charge on any atom is 0.409 e. The van der Waals surface area contributed by atoms with Crippen LogP contribution < -0.4 is 0 Å². The summed E-state index contributed by atoms with van der Waals surface area (Å²) in [4.78, 5) is 31.5. The molecule has 0 radical (unpaired) electrons. The molecular weight excluding hydrogens is 338 g/mol. The highest BCUT2D eigenvalue weighted by atomic mass is 32.1. The van der Waals surface area contributed by atoms with Crippen molar-refractivity contribution in [3.63, 3.8) is 0 Å². The Labute approximate surface area is 153 Å². The second-order valence-electron chi connectivity index (χ2n) is 5.98. The quantitative estimate of drug-likeness (QED) is 0.697. The van der Waals surface area contributed by atoms with E-state index in [1.807, 2.05) is 29.3 Å². The Hall–Kier alpha value is -1.86. The molecule has 1 aliphatic heterocycles. The summed E-state index contributed by atoms with van der Waals surface area (Å²) >= 11 is 1.65. The van der Waals surface area contributed by atoms with Gasteiger partial charge in [0.15, 0.2) is 0 Å². The molecule has 6 nitrogen and oxygen atoms in total. The van der Waals surface area contributed by atoms with E-state index in [0.29, 0.717) is 45.9 Å². The lowest BCUT2D eigenvalue weighted by atomic mass is 10.2. The molecule has 0 spiro atoms. The van der Waals surface area contributed by atoms with Crippen molar-refractivity contribution in [1.29, 1.82) is 0 Å². The Morgan fingerprint density at radius 3 is 2.68 bits per heavy atom. The van der Waals surface area contributed by atoms with E-state index in [2.05, 4.69) is 11.5 Å². The maximum atomic E-state index is 12.9. The van der Waals surface area contributed by atoms with E-state index in [4.69, 9.17) is 4.74 Å². The molecule has 2 rings (SSSR count). The number of carbonyl (C=O) groups is 2. The molecule has 1 atom stereocenters. The fourth-order valence-electron chi connectivity index (χ4n) is 2.91. The van der Waals surface area contributed by atoms with Crippen molar-refractivity contribution >= 4 is 23.3 Å². The number of hydrogen-bond acceptors (Lipinski definition) is 5. The van der Waals surface area contributed by atoms with Crippen LogP contribution in [0.15, 0.2) is 30.2 Å². The first-order chi connectivity index (χ1) is 12.1. The molecule has 1 unspecified atom stereocenters. The van der Waals surface area contributed by atoms with Gasteiger partial charge in [-0.05, 0) is 25.3 Å². The van der Waals surface area contributed by atoms with Crippen LogP contribution in [0.4, 0.5) is 4.79 Å². The molecule has 1 saturated heterocycles. The van der Waals surface area contributed by atoms with Crippen LogP contribution in [0.1, 0.15) is 18.7 Å². The zero-order valence-electron chi connectivity index (χ0n) is 15.0. The van der Waals surface area contributed by atoms with Gasteiger partial charge in [0.2, 0.25) is 5.91 Å². The van der Waals surface area contributed by atoms with Crippen molar-refractivity contribution in [2.24, 2.45) is 0 Å². The summed E-state index contributed by atoms with van der Waals surface area (Å²) in [7, 11) is 0. The molecule has 1 fully saturated rings. The van der Waals surface area contributed by atoms with Crippen LogP contribution in [-0.2, 0) is 16.1 Å². The Morgan fingerprint density at radius 1 is 1.40 bits per heavy atom. The van der Waals surface area contributed by atoms with E-state index in [-0.39, 0.29) is 18.0 Å². The minimum Gasteiger partial charge on any atom is -0.450 e. The van der Waals surface area contributed by atoms with Crippen molar-refractivity contribution in [2.75, 3.05) is 39.3 Å². The van der Waals surface area contributed by atoms with E-state index < -0.39 is 0 Å². The van der Waals surface area contributed by atoms with Gasteiger partial charge < -0.3 is 14.5 Å². The number of piperazine rings is 1. The van der Waals surface area contributed by atoms with E-state index >= 15 is 0 Å². The SMILES string of the molecule is C=CCN(Cc1cccs1)C(=O)C(C)N1CCN(C(=O)OCC)CC1. The number of carbonyl (C=O) groups excluding carboxylic acids is 2. The Bertz CT molecular complexity index is 568. The van der Waals surface area contributed by atoms with Gasteiger partial charge in [0, 0.05) is 37.6 Å². The number of hydrogen-bond donors (Lipinski definition) is 0. The molecule has 138 valence electrons. The lowest BCUT2D eigenvalue weighted by molar-refractivity contribution is -0.137. The number of amides is 2. The minimum atomic E-state index is -0.271. The molecule has 1 aliphatic rings. The smallest absolute Gasteiger partial charge is 0.409 e. The molecule has 0 aromatic carbocycles. The molecule has 1 aromatic heterocycles. The predicted octanol–water partition coefficient (Wildman–Crippen LogP) is 2.43. The molecule has 0 saturated carbocycles. The molecule has 25 heavy (non-hydrogen) atoms. The lowest BCUT2D eigenvalue weighted by Gasteiger charge is -2.38. The first-order valence-electron chi connectivity index (χ1n) is 8.64. The average Bonchev–Trinajstić information content (AvgIpc) is 3.13. The summed E-state index contributed by atoms with van der Waals surface area (Å²) < 4.78 is 5.04. The second kappa shape index (κ2) is 9.58. The van der Waals surface area contributed by atoms with Crippen LogP contribution in [0.3, 0.4) is 0 Å². The monoisotopic (exact) mass is 365 g/mol. The molecule has 0 bridgehead atoms. The Morgan fingerprint density at radius 2 is 2.12 bits per heavy atom. The summed E-state index contributed by atoms with van der Waals surface area (Å²) in [6.45, 7) is 11.5. The summed E-state index contributed by atoms with van der Waals surface area (Å²) in [5, 5.41) is 2.02. The number of rotatable bonds is 7. The van der Waals surface area contributed by atoms with Crippen LogP contribution in [0.25, 0.3) is 0 Å². The van der Waals surface area contributed by atoms with E-state index in [0.717, 1.165) is 4.88 Å². The fraction of sp³-hybridized carbons (Fsp3) is 0.556. The highest BCUT2D eigenvalue weighted by molar-refractivity contribution is 7.09. The van der Waals surface area contributed by atoms with Crippen molar-refractivity contribution < 1.29 is 14.3 Å². The van der Waals surface area contributed by atoms with Crippen LogP contribution >= 0.6 is 11.3 Å². The first kappa shape index (κ1) is 19.5. The third kappa shape index (κ3) is 5.31. The van der Waals surface area contributed by atoms with Gasteiger partial charge in [0.25, 0.3) is 0 Å². The molecule has 1 aromatic rings. The van der Waals surface area contributed by atoms with E-state index in [1.165, 1.54) is 0 Å². The van der Waals surface area contributed by atoms with Gasteiger partial charge in [-0.25, -0.2) is 4.79 Å². The number of nitrogens with zero attached hydrogens (tertiary/aromatic N) is 3. The molecule has 7 heteroatoms. The highest BCUT2D eigenvalue weighted by Crippen LogP contribution is 2.15. The number of thiophene rings is 1. The van der Waals surface area contributed by atoms with Crippen LogP contribution in [0.5, 0.6) is 0 Å². The summed E-state index contributed by atoms with van der Waals surface area (Å²) in [6, 6.07) is 3.81. The topological polar surface area (TPSA) is 53.1 Å². The number of ether oxygens (including phenoxy) is 1. The Kier molecular flexibility index (Phi) is 7.46. The van der Waals surface area contributed by atoms with E-state index in [9.17, 15) is 9.59 Å². The zero-order chi connectivity index (χ0) is 18.2. The highest BCUT2D eigenvalue weighted by Gasteiger charge is 2.30. The van der Waals surface area contributed by atoms with Gasteiger partial charge in [0.05, 0.1) is 19.2 Å². The van der Waals surface area contributed by atoms with Crippen molar-refractivity contribution in [1.82, 2.24) is 14.7 Å². The Balaban J connectivity index is 1.91. The van der Waals surface area contributed by atoms with Crippen molar-refractivity contribution in [3.05, 3.63) is 35.0 Å². The first-order valence-corrected chi connectivity index (χ1v) is 9.52. The molecule has 0 N–H and O–H groups in total. The predicted molar refractivity (Wildman–Crippen MR) is 99.6 cm³/mol. The van der Waals surface area contributed by atoms with Crippen molar-refractivity contribution in [3.8, 4) is 0 Å².